The highest BCUT2D eigenvalue weighted by molar-refractivity contribution is 6.47. The Bertz CT molecular complexity index is 822. The van der Waals surface area contributed by atoms with Crippen molar-refractivity contribution >= 4 is 46.7 Å². The predicted octanol–water partition coefficient (Wildman–Crippen LogP) is 0.979. The lowest BCUT2D eigenvalue weighted by Crippen LogP contribution is -2.41. The van der Waals surface area contributed by atoms with Crippen LogP contribution < -0.4 is 4.90 Å². The second kappa shape index (κ2) is 6.29. The molecule has 0 spiro atoms. The number of ether oxygens (including phenoxy) is 1. The van der Waals surface area contributed by atoms with Gasteiger partial charge in [-0.05, 0) is 25.1 Å². The Hall–Kier alpha value is -2.74. The maximum absolute atomic E-state index is 12.8. The average molecular weight is 364 g/mol. The third-order valence-electron chi connectivity index (χ3n) is 3.92. The molecule has 0 aliphatic carbocycles. The zero-order valence-electron chi connectivity index (χ0n) is 13.4. The zero-order valence-corrected chi connectivity index (χ0v) is 14.2. The molecular formula is C16H14ClN3O5. The number of esters is 1. The Balaban J connectivity index is 2.04. The van der Waals surface area contributed by atoms with Gasteiger partial charge >= 0.3 is 5.97 Å². The minimum Gasteiger partial charge on any atom is -0.461 e. The van der Waals surface area contributed by atoms with Gasteiger partial charge in [-0.3, -0.25) is 14.4 Å². The van der Waals surface area contributed by atoms with Crippen LogP contribution >= 0.6 is 11.6 Å². The van der Waals surface area contributed by atoms with E-state index in [9.17, 15) is 19.2 Å². The van der Waals surface area contributed by atoms with Crippen LogP contribution in [-0.2, 0) is 23.9 Å². The fourth-order valence-corrected chi connectivity index (χ4v) is 3.10. The van der Waals surface area contributed by atoms with Crippen molar-refractivity contribution in [1.29, 1.82) is 0 Å². The van der Waals surface area contributed by atoms with Gasteiger partial charge in [-0.25, -0.2) is 14.7 Å². The number of halogens is 1. The molecular weight excluding hydrogens is 350 g/mol. The third kappa shape index (κ3) is 2.68. The van der Waals surface area contributed by atoms with Crippen molar-refractivity contribution in [1.82, 2.24) is 5.01 Å². The first kappa shape index (κ1) is 17.1. The molecule has 0 N–H and O–H groups in total. The van der Waals surface area contributed by atoms with Gasteiger partial charge in [0.15, 0.2) is 11.8 Å². The highest BCUT2D eigenvalue weighted by Gasteiger charge is 2.59. The van der Waals surface area contributed by atoms with E-state index in [0.29, 0.717) is 5.02 Å². The van der Waals surface area contributed by atoms with Gasteiger partial charge in [-0.2, -0.15) is 5.10 Å². The second-order valence-electron chi connectivity index (χ2n) is 5.48. The highest BCUT2D eigenvalue weighted by Crippen LogP contribution is 2.36. The SMILES string of the molecule is CCOC(=O)C1=NN(C(C)=O)[C@@H]2C(=O)N(c3cccc(Cl)c3)C(=O)[C@H]12. The summed E-state index contributed by atoms with van der Waals surface area (Å²) in [6.07, 6.45) is 0. The minimum atomic E-state index is -1.19. The maximum atomic E-state index is 12.8. The molecule has 0 saturated carbocycles. The molecule has 9 heteroatoms. The van der Waals surface area contributed by atoms with Crippen molar-refractivity contribution in [2.45, 2.75) is 19.9 Å². The van der Waals surface area contributed by atoms with Crippen LogP contribution in [0.1, 0.15) is 13.8 Å². The summed E-state index contributed by atoms with van der Waals surface area (Å²) in [7, 11) is 0. The number of carbonyl (C=O) groups is 4. The van der Waals surface area contributed by atoms with Crippen molar-refractivity contribution in [3.05, 3.63) is 29.3 Å². The number of carbonyl (C=O) groups excluding carboxylic acids is 4. The molecule has 2 aliphatic heterocycles. The van der Waals surface area contributed by atoms with Gasteiger partial charge in [-0.1, -0.05) is 17.7 Å². The molecule has 3 amide bonds. The van der Waals surface area contributed by atoms with Crippen molar-refractivity contribution in [2.24, 2.45) is 11.0 Å². The number of hydrogen-bond donors (Lipinski definition) is 0. The van der Waals surface area contributed by atoms with Crippen LogP contribution in [0.5, 0.6) is 0 Å². The first-order valence-electron chi connectivity index (χ1n) is 7.55. The van der Waals surface area contributed by atoms with Crippen molar-refractivity contribution < 1.29 is 23.9 Å². The normalized spacial score (nSPS) is 22.1. The van der Waals surface area contributed by atoms with Crippen molar-refractivity contribution in [3.63, 3.8) is 0 Å². The smallest absolute Gasteiger partial charge is 0.355 e. The Morgan fingerprint density at radius 3 is 2.60 bits per heavy atom. The number of nitrogens with zero attached hydrogens (tertiary/aromatic N) is 3. The summed E-state index contributed by atoms with van der Waals surface area (Å²) in [6, 6.07) is 5.00. The van der Waals surface area contributed by atoms with Crippen LogP contribution in [0.3, 0.4) is 0 Å². The molecule has 2 heterocycles. The summed E-state index contributed by atoms with van der Waals surface area (Å²) in [6.45, 7) is 2.89. The number of anilines is 1. The molecule has 0 radical (unpaired) electrons. The van der Waals surface area contributed by atoms with E-state index in [-0.39, 0.29) is 18.0 Å². The Kier molecular flexibility index (Phi) is 4.30. The molecule has 3 rings (SSSR count). The molecule has 2 aliphatic rings. The molecule has 0 aromatic heterocycles. The van der Waals surface area contributed by atoms with E-state index in [2.05, 4.69) is 5.10 Å². The fraction of sp³-hybridized carbons (Fsp3) is 0.312. The molecule has 2 atom stereocenters. The van der Waals surface area contributed by atoms with E-state index in [4.69, 9.17) is 16.3 Å². The van der Waals surface area contributed by atoms with Crippen molar-refractivity contribution in [2.75, 3.05) is 11.5 Å². The minimum absolute atomic E-state index is 0.0788. The number of imide groups is 1. The lowest BCUT2D eigenvalue weighted by Gasteiger charge is -2.19. The number of hydrogen-bond acceptors (Lipinski definition) is 6. The molecule has 1 saturated heterocycles. The van der Waals surface area contributed by atoms with Crippen LogP contribution in [0.25, 0.3) is 0 Å². The van der Waals surface area contributed by atoms with Crippen LogP contribution in [0.2, 0.25) is 5.02 Å². The first-order chi connectivity index (χ1) is 11.9. The summed E-state index contributed by atoms with van der Waals surface area (Å²) in [5, 5.41) is 5.08. The van der Waals surface area contributed by atoms with Crippen LogP contribution in [0.15, 0.2) is 29.4 Å². The second-order valence-corrected chi connectivity index (χ2v) is 5.92. The van der Waals surface area contributed by atoms with E-state index in [1.165, 1.54) is 13.0 Å². The Morgan fingerprint density at radius 1 is 1.28 bits per heavy atom. The standard InChI is InChI=1S/C16H14ClN3O5/c1-3-25-16(24)12-11-13(20(18-12)8(2)21)15(23)19(14(11)22)10-6-4-5-9(17)7-10/h4-7,11,13H,3H2,1-2H3/t11-,13+/m1/s1. The fourth-order valence-electron chi connectivity index (χ4n) is 2.92. The summed E-state index contributed by atoms with van der Waals surface area (Å²) >= 11 is 5.93. The maximum Gasteiger partial charge on any atom is 0.355 e. The average Bonchev–Trinajstić information content (AvgIpc) is 3.06. The van der Waals surface area contributed by atoms with Gasteiger partial charge in [-0.15, -0.1) is 0 Å². The molecule has 8 nitrogen and oxygen atoms in total. The van der Waals surface area contributed by atoms with Gasteiger partial charge in [0.2, 0.25) is 11.8 Å². The van der Waals surface area contributed by atoms with Crippen LogP contribution in [0.4, 0.5) is 5.69 Å². The lowest BCUT2D eigenvalue weighted by atomic mass is 9.98. The number of fused-ring (bicyclic) bond motifs is 1. The number of hydrazone groups is 1. The van der Waals surface area contributed by atoms with E-state index in [1.807, 2.05) is 0 Å². The molecule has 1 aromatic rings. The van der Waals surface area contributed by atoms with E-state index >= 15 is 0 Å². The van der Waals surface area contributed by atoms with E-state index in [0.717, 1.165) is 9.91 Å². The summed E-state index contributed by atoms with van der Waals surface area (Å²) in [5.74, 6) is -3.85. The molecule has 1 aromatic carbocycles. The van der Waals surface area contributed by atoms with Gasteiger partial charge in [0.1, 0.15) is 5.92 Å². The summed E-state index contributed by atoms with van der Waals surface area (Å²) in [5.41, 5.74) is 0.0218. The van der Waals surface area contributed by atoms with Crippen LogP contribution in [0, 0.1) is 5.92 Å². The third-order valence-corrected chi connectivity index (χ3v) is 4.16. The van der Waals surface area contributed by atoms with Gasteiger partial charge < -0.3 is 4.74 Å². The van der Waals surface area contributed by atoms with Gasteiger partial charge in [0, 0.05) is 11.9 Å². The zero-order chi connectivity index (χ0) is 18.3. The largest absolute Gasteiger partial charge is 0.461 e. The predicted molar refractivity (Wildman–Crippen MR) is 87.8 cm³/mol. The van der Waals surface area contributed by atoms with Gasteiger partial charge in [0.25, 0.3) is 5.91 Å². The lowest BCUT2D eigenvalue weighted by molar-refractivity contribution is -0.136. The van der Waals surface area contributed by atoms with Gasteiger partial charge in [0.05, 0.1) is 12.3 Å². The van der Waals surface area contributed by atoms with E-state index < -0.39 is 35.7 Å². The van der Waals surface area contributed by atoms with Crippen LogP contribution in [-0.4, -0.2) is 47.1 Å². The topological polar surface area (TPSA) is 96.3 Å². The quantitative estimate of drug-likeness (QED) is 0.589. The molecule has 1 fully saturated rings. The first-order valence-corrected chi connectivity index (χ1v) is 7.93. The highest BCUT2D eigenvalue weighted by atomic mass is 35.5. The summed E-state index contributed by atoms with van der Waals surface area (Å²) in [4.78, 5) is 50.5. The monoisotopic (exact) mass is 363 g/mol. The van der Waals surface area contributed by atoms with Crippen molar-refractivity contribution in [3.8, 4) is 0 Å². The molecule has 0 unspecified atom stereocenters. The number of benzene rings is 1. The number of amides is 3. The molecule has 130 valence electrons. The molecule has 0 bridgehead atoms. The van der Waals surface area contributed by atoms with E-state index in [1.54, 1.807) is 25.1 Å². The molecule has 25 heavy (non-hydrogen) atoms. The Morgan fingerprint density at radius 2 is 2.00 bits per heavy atom. The summed E-state index contributed by atoms with van der Waals surface area (Å²) < 4.78 is 4.89. The Labute approximate surface area is 148 Å². The number of rotatable bonds is 3.